The first-order chi connectivity index (χ1) is 8.48. The van der Waals surface area contributed by atoms with E-state index in [-0.39, 0.29) is 11.5 Å². The SMILES string of the molecule is Cc1cc(C(O)C2(CN)CCC(C)CC2)c(C)s1. The molecule has 3 N–H and O–H groups in total. The molecule has 1 unspecified atom stereocenters. The molecule has 1 atom stereocenters. The Morgan fingerprint density at radius 3 is 2.50 bits per heavy atom. The Hall–Kier alpha value is -0.380. The summed E-state index contributed by atoms with van der Waals surface area (Å²) in [6.07, 6.45) is 4.10. The highest BCUT2D eigenvalue weighted by Gasteiger charge is 2.40. The molecule has 0 spiro atoms. The molecular formula is C15H25NOS. The summed E-state index contributed by atoms with van der Waals surface area (Å²) in [6.45, 7) is 7.10. The molecule has 0 saturated heterocycles. The van der Waals surface area contributed by atoms with Crippen molar-refractivity contribution in [1.82, 2.24) is 0 Å². The molecule has 1 saturated carbocycles. The van der Waals surface area contributed by atoms with Crippen molar-refractivity contribution in [2.24, 2.45) is 17.1 Å². The van der Waals surface area contributed by atoms with Crippen molar-refractivity contribution in [2.75, 3.05) is 6.54 Å². The number of rotatable bonds is 3. The van der Waals surface area contributed by atoms with Crippen molar-refractivity contribution in [3.05, 3.63) is 21.4 Å². The molecular weight excluding hydrogens is 242 g/mol. The third-order valence-electron chi connectivity index (χ3n) is 4.63. The molecule has 1 aromatic rings. The van der Waals surface area contributed by atoms with E-state index in [1.165, 1.54) is 22.6 Å². The zero-order valence-electron chi connectivity index (χ0n) is 11.7. The summed E-state index contributed by atoms with van der Waals surface area (Å²) in [6, 6.07) is 2.14. The van der Waals surface area contributed by atoms with Gasteiger partial charge < -0.3 is 10.8 Å². The maximum atomic E-state index is 10.8. The summed E-state index contributed by atoms with van der Waals surface area (Å²) in [7, 11) is 0. The summed E-state index contributed by atoms with van der Waals surface area (Å²) < 4.78 is 0. The zero-order chi connectivity index (χ0) is 13.3. The van der Waals surface area contributed by atoms with E-state index >= 15 is 0 Å². The molecule has 18 heavy (non-hydrogen) atoms. The fourth-order valence-electron chi connectivity index (χ4n) is 3.18. The number of hydrogen-bond donors (Lipinski definition) is 2. The summed E-state index contributed by atoms with van der Waals surface area (Å²) >= 11 is 1.77. The van der Waals surface area contributed by atoms with E-state index in [2.05, 4.69) is 26.8 Å². The third-order valence-corrected chi connectivity index (χ3v) is 5.61. The van der Waals surface area contributed by atoms with Crippen molar-refractivity contribution < 1.29 is 5.11 Å². The largest absolute Gasteiger partial charge is 0.388 e. The zero-order valence-corrected chi connectivity index (χ0v) is 12.5. The van der Waals surface area contributed by atoms with Gasteiger partial charge >= 0.3 is 0 Å². The van der Waals surface area contributed by atoms with Crippen LogP contribution in [0.4, 0.5) is 0 Å². The fourth-order valence-corrected chi connectivity index (χ4v) is 4.14. The average molecular weight is 267 g/mol. The van der Waals surface area contributed by atoms with Crippen LogP contribution in [-0.4, -0.2) is 11.7 Å². The Balaban J connectivity index is 2.25. The lowest BCUT2D eigenvalue weighted by Crippen LogP contribution is -2.40. The minimum atomic E-state index is -0.389. The van der Waals surface area contributed by atoms with Gasteiger partial charge in [0.1, 0.15) is 0 Å². The lowest BCUT2D eigenvalue weighted by molar-refractivity contribution is -0.00827. The molecule has 0 bridgehead atoms. The molecule has 0 radical (unpaired) electrons. The van der Waals surface area contributed by atoms with E-state index in [1.54, 1.807) is 11.3 Å². The van der Waals surface area contributed by atoms with Gasteiger partial charge in [-0.15, -0.1) is 11.3 Å². The van der Waals surface area contributed by atoms with Gasteiger partial charge in [-0.05, 0) is 44.2 Å². The highest BCUT2D eigenvalue weighted by Crippen LogP contribution is 2.48. The predicted octanol–water partition coefficient (Wildman–Crippen LogP) is 3.55. The van der Waals surface area contributed by atoms with Gasteiger partial charge in [-0.3, -0.25) is 0 Å². The minimum Gasteiger partial charge on any atom is -0.388 e. The monoisotopic (exact) mass is 267 g/mol. The molecule has 0 aromatic carbocycles. The van der Waals surface area contributed by atoms with Crippen molar-refractivity contribution in [1.29, 1.82) is 0 Å². The number of hydrogen-bond acceptors (Lipinski definition) is 3. The number of nitrogens with two attached hydrogens (primary N) is 1. The molecule has 0 aliphatic heterocycles. The maximum Gasteiger partial charge on any atom is 0.0869 e. The third kappa shape index (κ3) is 2.49. The average Bonchev–Trinajstić information content (AvgIpc) is 2.69. The number of aliphatic hydroxyl groups excluding tert-OH is 1. The highest BCUT2D eigenvalue weighted by molar-refractivity contribution is 7.12. The van der Waals surface area contributed by atoms with Gasteiger partial charge in [-0.2, -0.15) is 0 Å². The Morgan fingerprint density at radius 1 is 1.44 bits per heavy atom. The van der Waals surface area contributed by atoms with E-state index in [0.29, 0.717) is 6.54 Å². The van der Waals surface area contributed by atoms with Gasteiger partial charge in [0.15, 0.2) is 0 Å². The van der Waals surface area contributed by atoms with E-state index in [9.17, 15) is 5.11 Å². The van der Waals surface area contributed by atoms with E-state index in [1.807, 2.05) is 0 Å². The van der Waals surface area contributed by atoms with Crippen molar-refractivity contribution in [3.63, 3.8) is 0 Å². The summed E-state index contributed by atoms with van der Waals surface area (Å²) in [5.74, 6) is 0.780. The van der Waals surface area contributed by atoms with Gasteiger partial charge in [0.05, 0.1) is 6.10 Å². The number of aryl methyl sites for hydroxylation is 2. The van der Waals surface area contributed by atoms with Gasteiger partial charge in [0.25, 0.3) is 0 Å². The molecule has 102 valence electrons. The summed E-state index contributed by atoms with van der Waals surface area (Å²) in [4.78, 5) is 2.52. The normalized spacial score (nSPS) is 30.4. The number of aliphatic hydroxyl groups is 1. The lowest BCUT2D eigenvalue weighted by atomic mass is 9.66. The Labute approximate surface area is 114 Å². The second-order valence-electron chi connectivity index (χ2n) is 6.02. The standard InChI is InChI=1S/C15H25NOS/c1-10-4-6-15(9-16,7-5-10)14(17)13-8-11(2)18-12(13)3/h8,10,14,17H,4-7,9,16H2,1-3H3. The second-order valence-corrected chi connectivity index (χ2v) is 7.48. The van der Waals surface area contributed by atoms with Gasteiger partial charge in [-0.1, -0.05) is 19.8 Å². The van der Waals surface area contributed by atoms with Crippen LogP contribution in [0, 0.1) is 25.2 Å². The van der Waals surface area contributed by atoms with Crippen molar-refractivity contribution in [3.8, 4) is 0 Å². The molecule has 3 heteroatoms. The van der Waals surface area contributed by atoms with E-state index < -0.39 is 0 Å². The number of thiophene rings is 1. The second kappa shape index (κ2) is 5.32. The van der Waals surface area contributed by atoms with Gasteiger partial charge in [0.2, 0.25) is 0 Å². The topological polar surface area (TPSA) is 46.2 Å². The minimum absolute atomic E-state index is 0.0925. The smallest absolute Gasteiger partial charge is 0.0869 e. The summed E-state index contributed by atoms with van der Waals surface area (Å²) in [5.41, 5.74) is 7.04. The lowest BCUT2D eigenvalue weighted by Gasteiger charge is -2.42. The molecule has 1 heterocycles. The molecule has 1 aliphatic rings. The maximum absolute atomic E-state index is 10.8. The predicted molar refractivity (Wildman–Crippen MR) is 77.9 cm³/mol. The molecule has 1 aliphatic carbocycles. The molecule has 2 nitrogen and oxygen atoms in total. The van der Waals surface area contributed by atoms with Crippen LogP contribution in [0.1, 0.15) is 54.0 Å². The Bertz CT molecular complexity index is 405. The first-order valence-corrected chi connectivity index (χ1v) is 7.75. The van der Waals surface area contributed by atoms with Crippen LogP contribution < -0.4 is 5.73 Å². The fraction of sp³-hybridized carbons (Fsp3) is 0.733. The van der Waals surface area contributed by atoms with Crippen LogP contribution in [0.5, 0.6) is 0 Å². The van der Waals surface area contributed by atoms with Crippen LogP contribution >= 0.6 is 11.3 Å². The van der Waals surface area contributed by atoms with Crippen molar-refractivity contribution in [2.45, 2.75) is 52.6 Å². The molecule has 2 rings (SSSR count). The molecule has 0 amide bonds. The van der Waals surface area contributed by atoms with Crippen molar-refractivity contribution >= 4 is 11.3 Å². The Kier molecular flexibility index (Phi) is 4.15. The van der Waals surface area contributed by atoms with Crippen LogP contribution in [0.3, 0.4) is 0 Å². The van der Waals surface area contributed by atoms with Crippen LogP contribution in [0.25, 0.3) is 0 Å². The highest BCUT2D eigenvalue weighted by atomic mass is 32.1. The van der Waals surface area contributed by atoms with Crippen LogP contribution in [0.2, 0.25) is 0 Å². The van der Waals surface area contributed by atoms with E-state index in [0.717, 1.165) is 24.3 Å². The summed E-state index contributed by atoms with van der Waals surface area (Å²) in [5, 5.41) is 10.8. The van der Waals surface area contributed by atoms with Crippen LogP contribution in [0.15, 0.2) is 6.07 Å². The van der Waals surface area contributed by atoms with Crippen LogP contribution in [-0.2, 0) is 0 Å². The Morgan fingerprint density at radius 2 is 2.06 bits per heavy atom. The van der Waals surface area contributed by atoms with Gasteiger partial charge in [-0.25, -0.2) is 0 Å². The molecule has 1 fully saturated rings. The first-order valence-electron chi connectivity index (χ1n) is 6.93. The first kappa shape index (κ1) is 14.0. The van der Waals surface area contributed by atoms with E-state index in [4.69, 9.17) is 5.73 Å². The van der Waals surface area contributed by atoms with Gasteiger partial charge in [0, 0.05) is 21.7 Å². The molecule has 1 aromatic heterocycles. The quantitative estimate of drug-likeness (QED) is 0.879.